The van der Waals surface area contributed by atoms with Crippen molar-refractivity contribution in [3.63, 3.8) is 0 Å². The van der Waals surface area contributed by atoms with Crippen LogP contribution in [-0.4, -0.2) is 84.7 Å². The molecule has 2 saturated carbocycles. The predicted molar refractivity (Wildman–Crippen MR) is 146 cm³/mol. The molecule has 38 heavy (non-hydrogen) atoms. The summed E-state index contributed by atoms with van der Waals surface area (Å²) in [5.74, 6) is 1.73. The van der Waals surface area contributed by atoms with E-state index < -0.39 is 18.2 Å². The van der Waals surface area contributed by atoms with Crippen LogP contribution in [0.3, 0.4) is 0 Å². The van der Waals surface area contributed by atoms with Crippen molar-refractivity contribution in [1.29, 1.82) is 0 Å². The Hall–Kier alpha value is -2.80. The molecule has 204 valence electrons. The standard InChI is InChI=1S/C26H36N8O3S/c1-3-11-38-26-30-24(29-19-13-18(19)16-7-5-4-6-8-16)21-25(31-26)34(33-32-21)20-12-17(22(36)23(20)37)14-27-9-10-28-15(2)35/h4-8,17-20,22-23,27,36-37H,3,9-14H2,1-2H3,(H,28,35)(H,29,30,31)/t17-,18?,19?,20-,22-,23+/m0/s1. The normalized spacial score (nSPS) is 26.5. The van der Waals surface area contributed by atoms with Crippen LogP contribution in [0.5, 0.6) is 0 Å². The monoisotopic (exact) mass is 540 g/mol. The van der Waals surface area contributed by atoms with E-state index in [4.69, 9.17) is 9.97 Å². The molecule has 0 bridgehead atoms. The number of hydrogen-bond donors (Lipinski definition) is 5. The Balaban J connectivity index is 1.34. The van der Waals surface area contributed by atoms with Crippen molar-refractivity contribution >= 4 is 34.7 Å². The van der Waals surface area contributed by atoms with Crippen molar-refractivity contribution in [2.45, 2.75) is 68.5 Å². The maximum Gasteiger partial charge on any atom is 0.216 e. The summed E-state index contributed by atoms with van der Waals surface area (Å²) >= 11 is 1.59. The Morgan fingerprint density at radius 2 is 1.95 bits per heavy atom. The number of fused-ring (bicyclic) bond motifs is 1. The van der Waals surface area contributed by atoms with Gasteiger partial charge >= 0.3 is 0 Å². The van der Waals surface area contributed by atoms with E-state index in [2.05, 4.69) is 57.5 Å². The number of aliphatic hydroxyl groups is 2. The number of aromatic nitrogens is 5. The molecule has 5 rings (SSSR count). The molecule has 0 spiro atoms. The van der Waals surface area contributed by atoms with Crippen LogP contribution < -0.4 is 16.0 Å². The van der Waals surface area contributed by atoms with Gasteiger partial charge in [0.1, 0.15) is 6.10 Å². The summed E-state index contributed by atoms with van der Waals surface area (Å²) in [4.78, 5) is 20.6. The maximum absolute atomic E-state index is 11.0. The molecule has 2 unspecified atom stereocenters. The third-order valence-electron chi connectivity index (χ3n) is 7.25. The summed E-state index contributed by atoms with van der Waals surface area (Å²) in [6.07, 6.45) is 0.641. The fraction of sp³-hybridized carbons (Fsp3) is 0.577. The molecule has 0 saturated heterocycles. The van der Waals surface area contributed by atoms with Gasteiger partial charge in [-0.3, -0.25) is 4.79 Å². The van der Waals surface area contributed by atoms with Gasteiger partial charge in [-0.2, -0.15) is 0 Å². The Morgan fingerprint density at radius 1 is 1.13 bits per heavy atom. The average molecular weight is 541 g/mol. The highest BCUT2D eigenvalue weighted by Crippen LogP contribution is 2.43. The summed E-state index contributed by atoms with van der Waals surface area (Å²) < 4.78 is 1.66. The first-order valence-corrected chi connectivity index (χ1v) is 14.3. The van der Waals surface area contributed by atoms with Crippen molar-refractivity contribution < 1.29 is 15.0 Å². The van der Waals surface area contributed by atoms with Gasteiger partial charge in [-0.05, 0) is 24.8 Å². The Morgan fingerprint density at radius 3 is 2.71 bits per heavy atom. The van der Waals surface area contributed by atoms with Crippen LogP contribution in [0.15, 0.2) is 35.5 Å². The molecule has 1 aromatic carbocycles. The third-order valence-corrected chi connectivity index (χ3v) is 8.30. The zero-order valence-corrected chi connectivity index (χ0v) is 22.6. The van der Waals surface area contributed by atoms with Gasteiger partial charge in [0.2, 0.25) is 5.91 Å². The average Bonchev–Trinajstić information content (AvgIpc) is 3.47. The highest BCUT2D eigenvalue weighted by molar-refractivity contribution is 7.99. The number of anilines is 1. The van der Waals surface area contributed by atoms with E-state index in [1.165, 1.54) is 12.5 Å². The summed E-state index contributed by atoms with van der Waals surface area (Å²) in [7, 11) is 0. The van der Waals surface area contributed by atoms with Crippen molar-refractivity contribution in [3.8, 4) is 0 Å². The van der Waals surface area contributed by atoms with Crippen molar-refractivity contribution in [2.24, 2.45) is 5.92 Å². The molecule has 2 aromatic heterocycles. The Kier molecular flexibility index (Phi) is 8.42. The maximum atomic E-state index is 11.0. The smallest absolute Gasteiger partial charge is 0.216 e. The Bertz CT molecular complexity index is 1240. The second-order valence-electron chi connectivity index (χ2n) is 10.1. The zero-order valence-electron chi connectivity index (χ0n) is 21.7. The fourth-order valence-corrected chi connectivity index (χ4v) is 5.84. The zero-order chi connectivity index (χ0) is 26.6. The lowest BCUT2D eigenvalue weighted by atomic mass is 10.1. The van der Waals surface area contributed by atoms with Gasteiger partial charge < -0.3 is 26.2 Å². The summed E-state index contributed by atoms with van der Waals surface area (Å²) in [5, 5.41) is 40.7. The van der Waals surface area contributed by atoms with Crippen molar-refractivity contribution in [3.05, 3.63) is 35.9 Å². The van der Waals surface area contributed by atoms with Crippen LogP contribution in [0, 0.1) is 5.92 Å². The number of thioether (sulfide) groups is 1. The highest BCUT2D eigenvalue weighted by atomic mass is 32.2. The van der Waals surface area contributed by atoms with Crippen LogP contribution in [0.4, 0.5) is 5.82 Å². The topological polar surface area (TPSA) is 150 Å². The molecular weight excluding hydrogens is 504 g/mol. The van der Waals surface area contributed by atoms with Crippen molar-refractivity contribution in [1.82, 2.24) is 35.6 Å². The number of hydrogen-bond acceptors (Lipinski definition) is 10. The number of aliphatic hydroxyl groups excluding tert-OH is 2. The molecule has 11 nitrogen and oxygen atoms in total. The van der Waals surface area contributed by atoms with Gasteiger partial charge in [0.05, 0.1) is 12.1 Å². The lowest BCUT2D eigenvalue weighted by Crippen LogP contribution is -2.36. The van der Waals surface area contributed by atoms with Gasteiger partial charge in [-0.15, -0.1) is 5.10 Å². The van der Waals surface area contributed by atoms with Crippen LogP contribution in [-0.2, 0) is 4.79 Å². The summed E-state index contributed by atoms with van der Waals surface area (Å²) in [5.41, 5.74) is 2.44. The number of benzene rings is 1. The molecule has 2 fully saturated rings. The molecule has 0 radical (unpaired) electrons. The minimum atomic E-state index is -0.994. The summed E-state index contributed by atoms with van der Waals surface area (Å²) in [6.45, 7) is 5.21. The number of rotatable bonds is 12. The van der Waals surface area contributed by atoms with E-state index in [0.717, 1.165) is 18.6 Å². The SMILES string of the molecule is CCCSc1nc(NC2CC2c2ccccc2)c2nnn([C@H]3C[C@@H](CNCCNC(C)=O)[C@H](O)[C@@H]3O)c2n1. The van der Waals surface area contributed by atoms with Gasteiger partial charge in [0.15, 0.2) is 22.1 Å². The summed E-state index contributed by atoms with van der Waals surface area (Å²) in [6, 6.07) is 10.3. The third kappa shape index (κ3) is 5.93. The second kappa shape index (κ2) is 11.9. The van der Waals surface area contributed by atoms with Crippen LogP contribution in [0.1, 0.15) is 50.6 Å². The molecule has 3 aromatic rings. The first-order valence-electron chi connectivity index (χ1n) is 13.3. The number of nitrogens with one attached hydrogen (secondary N) is 3. The minimum absolute atomic E-state index is 0.0779. The highest BCUT2D eigenvalue weighted by Gasteiger charge is 2.44. The van der Waals surface area contributed by atoms with Crippen LogP contribution in [0.25, 0.3) is 11.2 Å². The van der Waals surface area contributed by atoms with E-state index in [9.17, 15) is 15.0 Å². The quantitative estimate of drug-likeness (QED) is 0.130. The molecule has 2 aliphatic rings. The molecular formula is C26H36N8O3S. The lowest BCUT2D eigenvalue weighted by molar-refractivity contribution is -0.118. The number of carbonyl (C=O) groups is 1. The van der Waals surface area contributed by atoms with E-state index >= 15 is 0 Å². The van der Waals surface area contributed by atoms with Gasteiger partial charge in [0.25, 0.3) is 0 Å². The van der Waals surface area contributed by atoms with Crippen LogP contribution >= 0.6 is 11.8 Å². The molecule has 12 heteroatoms. The van der Waals surface area contributed by atoms with E-state index in [0.29, 0.717) is 54.1 Å². The van der Waals surface area contributed by atoms with E-state index in [1.807, 2.05) is 6.07 Å². The first-order chi connectivity index (χ1) is 18.5. The van der Waals surface area contributed by atoms with Crippen molar-refractivity contribution in [2.75, 3.05) is 30.7 Å². The van der Waals surface area contributed by atoms with E-state index in [1.54, 1.807) is 16.4 Å². The second-order valence-corrected chi connectivity index (χ2v) is 11.2. The molecule has 2 heterocycles. The fourth-order valence-electron chi connectivity index (χ4n) is 5.15. The molecule has 0 aliphatic heterocycles. The number of nitrogens with zero attached hydrogens (tertiary/aromatic N) is 5. The predicted octanol–water partition coefficient (Wildman–Crippen LogP) is 1.70. The number of carbonyl (C=O) groups excluding carboxylic acids is 1. The minimum Gasteiger partial charge on any atom is -0.390 e. The first kappa shape index (κ1) is 26.8. The van der Waals surface area contributed by atoms with Gasteiger partial charge in [0, 0.05) is 50.2 Å². The molecule has 5 N–H and O–H groups in total. The number of amides is 1. The molecule has 6 atom stereocenters. The Labute approximate surface area is 226 Å². The molecule has 2 aliphatic carbocycles. The van der Waals surface area contributed by atoms with E-state index in [-0.39, 0.29) is 17.9 Å². The van der Waals surface area contributed by atoms with Gasteiger partial charge in [-0.25, -0.2) is 14.6 Å². The largest absolute Gasteiger partial charge is 0.390 e. The lowest BCUT2D eigenvalue weighted by Gasteiger charge is -2.17. The van der Waals surface area contributed by atoms with Crippen LogP contribution in [0.2, 0.25) is 0 Å². The van der Waals surface area contributed by atoms with Gasteiger partial charge in [-0.1, -0.05) is 54.2 Å². The molecule has 1 amide bonds.